The van der Waals surface area contributed by atoms with Gasteiger partial charge in [0.15, 0.2) is 0 Å². The number of phenolic OH excluding ortho intramolecular Hbond substituents is 1. The molecular formula is C31H38O9. The highest BCUT2D eigenvalue weighted by Crippen LogP contribution is 2.67. The first kappa shape index (κ1) is 29.6. The van der Waals surface area contributed by atoms with Crippen LogP contribution in [0.2, 0.25) is 0 Å². The Morgan fingerprint density at radius 1 is 1.07 bits per heavy atom. The molecule has 1 aromatic rings. The SMILES string of the molecule is C=C/C(C)=C/CC1(C)C(C)CC(OC(=O)c2ccc(O)cc2)C23C(=CC(O)CC12)C(OC(C)=O)OC3OC(C)=O. The summed E-state index contributed by atoms with van der Waals surface area (Å²) < 4.78 is 23.6. The molecule has 40 heavy (non-hydrogen) atoms. The number of hydrogen-bond acceptors (Lipinski definition) is 9. The third-order valence-corrected chi connectivity index (χ3v) is 8.92. The first-order valence-electron chi connectivity index (χ1n) is 13.5. The van der Waals surface area contributed by atoms with Crippen LogP contribution in [0.1, 0.15) is 64.2 Å². The van der Waals surface area contributed by atoms with Crippen LogP contribution in [0.3, 0.4) is 0 Å². The number of carbonyl (C=O) groups is 3. The van der Waals surface area contributed by atoms with E-state index in [1.165, 1.54) is 38.1 Å². The molecule has 2 N–H and O–H groups in total. The van der Waals surface area contributed by atoms with Gasteiger partial charge in [-0.25, -0.2) is 4.79 Å². The van der Waals surface area contributed by atoms with Gasteiger partial charge in [0, 0.05) is 19.4 Å². The van der Waals surface area contributed by atoms with Crippen LogP contribution in [0.5, 0.6) is 5.75 Å². The van der Waals surface area contributed by atoms with Crippen molar-refractivity contribution in [2.75, 3.05) is 0 Å². The minimum atomic E-state index is -1.24. The summed E-state index contributed by atoms with van der Waals surface area (Å²) in [6.07, 6.45) is 2.49. The van der Waals surface area contributed by atoms with Gasteiger partial charge in [-0.05, 0) is 73.8 Å². The zero-order chi connectivity index (χ0) is 29.4. The number of carbonyl (C=O) groups excluding carboxylic acids is 3. The average Bonchev–Trinajstić information content (AvgIpc) is 3.17. The molecule has 0 amide bonds. The highest BCUT2D eigenvalue weighted by molar-refractivity contribution is 5.89. The van der Waals surface area contributed by atoms with E-state index in [0.717, 1.165) is 5.57 Å². The molecule has 1 aromatic carbocycles. The molecule has 9 nitrogen and oxygen atoms in total. The number of hydrogen-bond donors (Lipinski definition) is 2. The Morgan fingerprint density at radius 2 is 1.73 bits per heavy atom. The predicted octanol–water partition coefficient (Wildman–Crippen LogP) is 4.59. The topological polar surface area (TPSA) is 129 Å². The predicted molar refractivity (Wildman–Crippen MR) is 145 cm³/mol. The number of phenols is 1. The summed E-state index contributed by atoms with van der Waals surface area (Å²) in [5.41, 5.74) is -0.0678. The Balaban J connectivity index is 1.90. The van der Waals surface area contributed by atoms with Crippen LogP contribution in [0.15, 0.2) is 60.2 Å². The van der Waals surface area contributed by atoms with E-state index >= 15 is 0 Å². The highest BCUT2D eigenvalue weighted by atomic mass is 16.8. The average molecular weight is 555 g/mol. The van der Waals surface area contributed by atoms with Crippen LogP contribution < -0.4 is 0 Å². The lowest BCUT2D eigenvalue weighted by Crippen LogP contribution is -2.63. The van der Waals surface area contributed by atoms with Crippen molar-refractivity contribution in [3.63, 3.8) is 0 Å². The summed E-state index contributed by atoms with van der Waals surface area (Å²) in [6, 6.07) is 5.71. The molecule has 216 valence electrons. The fraction of sp³-hybridized carbons (Fsp3) is 0.516. The van der Waals surface area contributed by atoms with E-state index in [1.54, 1.807) is 12.2 Å². The summed E-state index contributed by atoms with van der Waals surface area (Å²) >= 11 is 0. The van der Waals surface area contributed by atoms with Crippen molar-refractivity contribution in [2.45, 2.75) is 78.7 Å². The molecule has 1 spiro atoms. The van der Waals surface area contributed by atoms with Crippen LogP contribution in [-0.2, 0) is 28.5 Å². The molecule has 4 rings (SSSR count). The number of aromatic hydroxyl groups is 1. The van der Waals surface area contributed by atoms with Crippen LogP contribution in [0.25, 0.3) is 0 Å². The lowest BCUT2D eigenvalue weighted by molar-refractivity contribution is -0.253. The second kappa shape index (κ2) is 11.2. The van der Waals surface area contributed by atoms with Gasteiger partial charge in [-0.3, -0.25) is 14.3 Å². The van der Waals surface area contributed by atoms with Crippen molar-refractivity contribution in [1.29, 1.82) is 0 Å². The monoisotopic (exact) mass is 554 g/mol. The lowest BCUT2D eigenvalue weighted by Gasteiger charge is -2.60. The Hall–Kier alpha value is -3.43. The molecule has 8 atom stereocenters. The molecule has 0 aromatic heterocycles. The second-order valence-electron chi connectivity index (χ2n) is 11.4. The Kier molecular flexibility index (Phi) is 8.28. The number of aliphatic hydroxyl groups is 1. The zero-order valence-corrected chi connectivity index (χ0v) is 23.6. The lowest BCUT2D eigenvalue weighted by atomic mass is 9.45. The molecule has 0 bridgehead atoms. The molecular weight excluding hydrogens is 516 g/mol. The van der Waals surface area contributed by atoms with Crippen LogP contribution in [0, 0.1) is 22.7 Å². The maximum absolute atomic E-state index is 13.4. The Morgan fingerprint density at radius 3 is 2.33 bits per heavy atom. The number of rotatable bonds is 7. The zero-order valence-electron chi connectivity index (χ0n) is 23.6. The van der Waals surface area contributed by atoms with Crippen LogP contribution in [-0.4, -0.2) is 52.9 Å². The first-order chi connectivity index (χ1) is 18.8. The molecule has 1 saturated carbocycles. The summed E-state index contributed by atoms with van der Waals surface area (Å²) in [4.78, 5) is 37.9. The first-order valence-corrected chi connectivity index (χ1v) is 13.5. The summed E-state index contributed by atoms with van der Waals surface area (Å²) in [7, 11) is 0. The Bertz CT molecular complexity index is 1230. The van der Waals surface area contributed by atoms with Gasteiger partial charge in [-0.1, -0.05) is 38.2 Å². The minimum absolute atomic E-state index is 0.00749. The normalized spacial score (nSPS) is 35.0. The van der Waals surface area contributed by atoms with Crippen molar-refractivity contribution in [2.24, 2.45) is 22.7 Å². The molecule has 0 radical (unpaired) electrons. The molecule has 1 aliphatic heterocycles. The summed E-state index contributed by atoms with van der Waals surface area (Å²) in [5.74, 6) is -2.26. The third-order valence-electron chi connectivity index (χ3n) is 8.92. The summed E-state index contributed by atoms with van der Waals surface area (Å²) in [6.45, 7) is 12.5. The molecule has 1 saturated heterocycles. The van der Waals surface area contributed by atoms with Crippen molar-refractivity contribution in [1.82, 2.24) is 0 Å². The smallest absolute Gasteiger partial charge is 0.338 e. The van der Waals surface area contributed by atoms with Crippen LogP contribution in [0.4, 0.5) is 0 Å². The maximum atomic E-state index is 13.4. The molecule has 1 heterocycles. The second-order valence-corrected chi connectivity index (χ2v) is 11.4. The molecule has 3 aliphatic rings. The van der Waals surface area contributed by atoms with Crippen LogP contribution >= 0.6 is 0 Å². The quantitative estimate of drug-likeness (QED) is 0.215. The van der Waals surface area contributed by atoms with Gasteiger partial charge in [0.25, 0.3) is 0 Å². The fourth-order valence-corrected chi connectivity index (χ4v) is 6.71. The van der Waals surface area contributed by atoms with Gasteiger partial charge < -0.3 is 24.4 Å². The molecule has 2 aliphatic carbocycles. The number of allylic oxidation sites excluding steroid dienone is 3. The molecule has 2 fully saturated rings. The third kappa shape index (κ3) is 5.20. The van der Waals surface area contributed by atoms with E-state index in [9.17, 15) is 24.6 Å². The van der Waals surface area contributed by atoms with E-state index < -0.39 is 59.4 Å². The van der Waals surface area contributed by atoms with Crippen molar-refractivity contribution >= 4 is 17.9 Å². The van der Waals surface area contributed by atoms with Gasteiger partial charge in [0.1, 0.15) is 17.3 Å². The maximum Gasteiger partial charge on any atom is 0.338 e. The number of ether oxygens (including phenoxy) is 4. The van der Waals surface area contributed by atoms with Gasteiger partial charge in [-0.15, -0.1) is 0 Å². The number of benzene rings is 1. The number of aliphatic hydroxyl groups excluding tert-OH is 1. The van der Waals surface area contributed by atoms with E-state index in [1.807, 2.05) is 6.92 Å². The molecule has 8 unspecified atom stereocenters. The standard InChI is InChI=1S/C31H38O9/c1-7-17(2)12-13-30(6)18(3)14-26(39-27(36)21-8-10-22(34)11-9-21)31-24(15-23(35)16-25(30)31)28(37-19(4)32)40-29(31)38-20(5)33/h7-12,15,18,23,25-26,28-29,34-35H,1,13-14,16H2,2-6H3/b17-12+. The van der Waals surface area contributed by atoms with Gasteiger partial charge in [-0.2, -0.15) is 0 Å². The minimum Gasteiger partial charge on any atom is -0.508 e. The van der Waals surface area contributed by atoms with E-state index in [-0.39, 0.29) is 23.7 Å². The largest absolute Gasteiger partial charge is 0.508 e. The van der Waals surface area contributed by atoms with E-state index in [4.69, 9.17) is 18.9 Å². The Labute approximate surface area is 234 Å². The summed E-state index contributed by atoms with van der Waals surface area (Å²) in [5, 5.41) is 20.8. The van der Waals surface area contributed by atoms with Gasteiger partial charge in [0.2, 0.25) is 12.6 Å². The van der Waals surface area contributed by atoms with Gasteiger partial charge in [0.05, 0.1) is 11.7 Å². The molecule has 9 heteroatoms. The number of esters is 3. The highest BCUT2D eigenvalue weighted by Gasteiger charge is 2.72. The van der Waals surface area contributed by atoms with Gasteiger partial charge >= 0.3 is 17.9 Å². The van der Waals surface area contributed by atoms with E-state index in [0.29, 0.717) is 18.4 Å². The fourth-order valence-electron chi connectivity index (χ4n) is 6.71. The van der Waals surface area contributed by atoms with E-state index in [2.05, 4.69) is 26.5 Å². The van der Waals surface area contributed by atoms with Crippen molar-refractivity contribution in [3.05, 3.63) is 65.8 Å². The van der Waals surface area contributed by atoms with Crippen molar-refractivity contribution < 1.29 is 43.5 Å². The van der Waals surface area contributed by atoms with Crippen molar-refractivity contribution in [3.8, 4) is 5.75 Å².